The van der Waals surface area contributed by atoms with E-state index in [9.17, 15) is 22.4 Å². The van der Waals surface area contributed by atoms with Gasteiger partial charge in [0.1, 0.15) is 11.9 Å². The van der Waals surface area contributed by atoms with E-state index in [-0.39, 0.29) is 18.7 Å². The molecule has 1 amide bonds. The van der Waals surface area contributed by atoms with Crippen molar-refractivity contribution in [2.24, 2.45) is 0 Å². The van der Waals surface area contributed by atoms with Crippen LogP contribution >= 0.6 is 0 Å². The summed E-state index contributed by atoms with van der Waals surface area (Å²) < 4.78 is 52.7. The molecule has 104 valence electrons. The number of anilines is 1. The summed E-state index contributed by atoms with van der Waals surface area (Å²) in [7, 11) is 0. The minimum Gasteiger partial charge on any atom is -0.355 e. The van der Waals surface area contributed by atoms with Gasteiger partial charge in [0, 0.05) is 19.5 Å². The monoisotopic (exact) mass is 276 g/mol. The minimum absolute atomic E-state index is 0.0963. The normalized spacial score (nSPS) is 20.9. The van der Waals surface area contributed by atoms with Crippen LogP contribution in [0.2, 0.25) is 0 Å². The van der Waals surface area contributed by atoms with Gasteiger partial charge in [0.15, 0.2) is 0 Å². The average molecular weight is 276 g/mol. The van der Waals surface area contributed by atoms with Crippen LogP contribution in [0.1, 0.15) is 6.42 Å². The molecular formula is C12H12F4N2O. The molecule has 19 heavy (non-hydrogen) atoms. The van der Waals surface area contributed by atoms with Gasteiger partial charge in [-0.2, -0.15) is 13.2 Å². The number of nitrogens with zero attached hydrogens (tertiary/aromatic N) is 1. The molecule has 1 atom stereocenters. The first-order valence-corrected chi connectivity index (χ1v) is 5.74. The lowest BCUT2D eigenvalue weighted by atomic mass is 10.2. The van der Waals surface area contributed by atoms with Crippen molar-refractivity contribution in [3.63, 3.8) is 0 Å². The third kappa shape index (κ3) is 2.97. The molecule has 1 aromatic carbocycles. The Balaban J connectivity index is 2.38. The Morgan fingerprint density at radius 3 is 2.58 bits per heavy atom. The van der Waals surface area contributed by atoms with Gasteiger partial charge in [0.25, 0.3) is 0 Å². The second-order valence-electron chi connectivity index (χ2n) is 4.26. The van der Waals surface area contributed by atoms with E-state index in [1.54, 1.807) is 0 Å². The van der Waals surface area contributed by atoms with Crippen molar-refractivity contribution in [1.29, 1.82) is 0 Å². The summed E-state index contributed by atoms with van der Waals surface area (Å²) in [6.45, 7) is -0.742. The molecule has 1 aliphatic rings. The van der Waals surface area contributed by atoms with Crippen molar-refractivity contribution in [2.45, 2.75) is 18.6 Å². The second kappa shape index (κ2) is 5.07. The lowest BCUT2D eigenvalue weighted by Crippen LogP contribution is -2.50. The fraction of sp³-hybridized carbons (Fsp3) is 0.417. The van der Waals surface area contributed by atoms with E-state index in [2.05, 4.69) is 5.32 Å². The number of hydrogen-bond acceptors (Lipinski definition) is 2. The van der Waals surface area contributed by atoms with Crippen molar-refractivity contribution in [1.82, 2.24) is 5.32 Å². The first-order valence-electron chi connectivity index (χ1n) is 5.74. The molecular weight excluding hydrogens is 264 g/mol. The molecule has 0 aromatic heterocycles. The summed E-state index contributed by atoms with van der Waals surface area (Å²) in [6, 6.07) is 3.33. The van der Waals surface area contributed by atoms with E-state index in [0.717, 1.165) is 11.0 Å². The summed E-state index contributed by atoms with van der Waals surface area (Å²) in [4.78, 5) is 12.1. The SMILES string of the molecule is O=C1CCN(c2ccccc2F)C(C(F)(F)F)CN1. The highest BCUT2D eigenvalue weighted by Gasteiger charge is 2.45. The van der Waals surface area contributed by atoms with E-state index >= 15 is 0 Å². The maximum Gasteiger partial charge on any atom is 0.410 e. The fourth-order valence-corrected chi connectivity index (χ4v) is 2.05. The Hall–Kier alpha value is -1.79. The number of alkyl halides is 3. The molecule has 1 N–H and O–H groups in total. The van der Waals surface area contributed by atoms with Gasteiger partial charge in [-0.3, -0.25) is 4.79 Å². The number of carbonyl (C=O) groups excluding carboxylic acids is 1. The molecule has 1 fully saturated rings. The van der Waals surface area contributed by atoms with Crippen molar-refractivity contribution in [3.05, 3.63) is 30.1 Å². The fourth-order valence-electron chi connectivity index (χ4n) is 2.05. The van der Waals surface area contributed by atoms with Gasteiger partial charge in [-0.15, -0.1) is 0 Å². The van der Waals surface area contributed by atoms with Gasteiger partial charge in [0.2, 0.25) is 5.91 Å². The molecule has 2 rings (SSSR count). The number of halogens is 4. The van der Waals surface area contributed by atoms with Crippen LogP contribution in [0, 0.1) is 5.82 Å². The summed E-state index contributed by atoms with van der Waals surface area (Å²) >= 11 is 0. The third-order valence-electron chi connectivity index (χ3n) is 2.99. The Morgan fingerprint density at radius 1 is 1.26 bits per heavy atom. The van der Waals surface area contributed by atoms with E-state index in [1.807, 2.05) is 0 Å². The van der Waals surface area contributed by atoms with Crippen molar-refractivity contribution < 1.29 is 22.4 Å². The molecule has 1 aliphatic heterocycles. The third-order valence-corrected chi connectivity index (χ3v) is 2.99. The van der Waals surface area contributed by atoms with Gasteiger partial charge in [-0.05, 0) is 12.1 Å². The Bertz CT molecular complexity index is 475. The van der Waals surface area contributed by atoms with Crippen molar-refractivity contribution in [3.8, 4) is 0 Å². The first-order chi connectivity index (χ1) is 8.89. The highest BCUT2D eigenvalue weighted by molar-refractivity contribution is 5.77. The minimum atomic E-state index is -4.54. The zero-order valence-electron chi connectivity index (χ0n) is 9.88. The van der Waals surface area contributed by atoms with Gasteiger partial charge >= 0.3 is 6.18 Å². The zero-order valence-corrected chi connectivity index (χ0v) is 9.88. The van der Waals surface area contributed by atoms with Crippen molar-refractivity contribution >= 4 is 11.6 Å². The summed E-state index contributed by atoms with van der Waals surface area (Å²) in [6.07, 6.45) is -4.64. The predicted octanol–water partition coefficient (Wildman–Crippen LogP) is 2.08. The van der Waals surface area contributed by atoms with Gasteiger partial charge in [-0.1, -0.05) is 12.1 Å². The van der Waals surface area contributed by atoms with E-state index in [1.165, 1.54) is 18.2 Å². The standard InChI is InChI=1S/C12H12F4N2O/c13-8-3-1-2-4-9(8)18-6-5-11(19)17-7-10(18)12(14,15)16/h1-4,10H,5-7H2,(H,17,19). The Labute approximate surface area is 107 Å². The Kier molecular flexibility index (Phi) is 3.64. The van der Waals surface area contributed by atoms with Crippen LogP contribution in [0.3, 0.4) is 0 Å². The van der Waals surface area contributed by atoms with Crippen LogP contribution in [0.4, 0.5) is 23.2 Å². The molecule has 0 bridgehead atoms. The van der Waals surface area contributed by atoms with Gasteiger partial charge in [-0.25, -0.2) is 4.39 Å². The molecule has 1 heterocycles. The maximum absolute atomic E-state index is 13.7. The van der Waals surface area contributed by atoms with Gasteiger partial charge in [0.05, 0.1) is 5.69 Å². The van der Waals surface area contributed by atoms with E-state index in [0.29, 0.717) is 0 Å². The summed E-state index contributed by atoms with van der Waals surface area (Å²) in [5, 5.41) is 2.20. The van der Waals surface area contributed by atoms with Crippen LogP contribution < -0.4 is 10.2 Å². The Morgan fingerprint density at radius 2 is 1.95 bits per heavy atom. The quantitative estimate of drug-likeness (QED) is 0.797. The summed E-state index contributed by atoms with van der Waals surface area (Å²) in [5.74, 6) is -1.20. The molecule has 0 saturated carbocycles. The molecule has 7 heteroatoms. The maximum atomic E-state index is 13.7. The number of para-hydroxylation sites is 1. The van der Waals surface area contributed by atoms with Gasteiger partial charge < -0.3 is 10.2 Å². The number of amides is 1. The summed E-state index contributed by atoms with van der Waals surface area (Å²) in [5.41, 5.74) is -0.138. The largest absolute Gasteiger partial charge is 0.410 e. The van der Waals surface area contributed by atoms with Crippen LogP contribution in [0.25, 0.3) is 0 Å². The number of rotatable bonds is 1. The molecule has 3 nitrogen and oxygen atoms in total. The molecule has 0 spiro atoms. The number of carbonyl (C=O) groups is 1. The molecule has 0 aliphatic carbocycles. The number of benzene rings is 1. The van der Waals surface area contributed by atoms with Crippen LogP contribution in [-0.4, -0.2) is 31.2 Å². The predicted molar refractivity (Wildman–Crippen MR) is 61.2 cm³/mol. The number of hydrogen-bond donors (Lipinski definition) is 1. The zero-order chi connectivity index (χ0) is 14.0. The van der Waals surface area contributed by atoms with Crippen molar-refractivity contribution in [2.75, 3.05) is 18.0 Å². The van der Waals surface area contributed by atoms with Crippen LogP contribution in [0.15, 0.2) is 24.3 Å². The van der Waals surface area contributed by atoms with E-state index < -0.39 is 30.5 Å². The smallest absolute Gasteiger partial charge is 0.355 e. The first kappa shape index (κ1) is 13.6. The highest BCUT2D eigenvalue weighted by Crippen LogP contribution is 2.31. The van der Waals surface area contributed by atoms with E-state index in [4.69, 9.17) is 0 Å². The second-order valence-corrected chi connectivity index (χ2v) is 4.26. The lowest BCUT2D eigenvalue weighted by Gasteiger charge is -2.32. The average Bonchev–Trinajstić information content (AvgIpc) is 2.51. The highest BCUT2D eigenvalue weighted by atomic mass is 19.4. The molecule has 1 saturated heterocycles. The van der Waals surface area contributed by atoms with Crippen LogP contribution in [0.5, 0.6) is 0 Å². The molecule has 1 unspecified atom stereocenters. The van der Waals surface area contributed by atoms with Crippen LogP contribution in [-0.2, 0) is 4.79 Å². The number of nitrogens with one attached hydrogen (secondary N) is 1. The topological polar surface area (TPSA) is 32.3 Å². The lowest BCUT2D eigenvalue weighted by molar-refractivity contribution is -0.147. The molecule has 0 radical (unpaired) electrons. The molecule has 1 aromatic rings.